The SMILES string of the molecule is CCC1=Nc2cc(F)c(F)cc2CC(c2ccccc2)N1CC. The zero-order chi connectivity index (χ0) is 16.4. The first-order valence-corrected chi connectivity index (χ1v) is 8.01. The molecule has 0 N–H and O–H groups in total. The topological polar surface area (TPSA) is 15.6 Å². The largest absolute Gasteiger partial charge is 0.353 e. The van der Waals surface area contributed by atoms with Gasteiger partial charge in [0.15, 0.2) is 11.6 Å². The molecule has 120 valence electrons. The molecule has 1 aliphatic rings. The lowest BCUT2D eigenvalue weighted by atomic mass is 9.96. The molecule has 2 aromatic rings. The minimum Gasteiger partial charge on any atom is -0.353 e. The van der Waals surface area contributed by atoms with Crippen molar-refractivity contribution in [1.82, 2.24) is 4.90 Å². The van der Waals surface area contributed by atoms with Gasteiger partial charge in [0.2, 0.25) is 0 Å². The van der Waals surface area contributed by atoms with Gasteiger partial charge in [0.25, 0.3) is 0 Å². The molecule has 2 aromatic carbocycles. The first-order valence-electron chi connectivity index (χ1n) is 8.01. The molecule has 0 amide bonds. The van der Waals surface area contributed by atoms with E-state index in [9.17, 15) is 8.78 Å². The lowest BCUT2D eigenvalue weighted by Crippen LogP contribution is -2.34. The van der Waals surface area contributed by atoms with Gasteiger partial charge in [0.1, 0.15) is 5.84 Å². The number of fused-ring (bicyclic) bond motifs is 1. The van der Waals surface area contributed by atoms with Crippen molar-refractivity contribution in [3.8, 4) is 0 Å². The molecule has 1 aliphatic heterocycles. The van der Waals surface area contributed by atoms with Crippen molar-refractivity contribution in [3.05, 3.63) is 65.2 Å². The van der Waals surface area contributed by atoms with E-state index in [1.807, 2.05) is 25.1 Å². The second kappa shape index (κ2) is 6.49. The van der Waals surface area contributed by atoms with E-state index in [1.54, 1.807) is 0 Å². The Morgan fingerprint density at radius 3 is 2.43 bits per heavy atom. The van der Waals surface area contributed by atoms with Crippen LogP contribution in [0.5, 0.6) is 0 Å². The summed E-state index contributed by atoms with van der Waals surface area (Å²) < 4.78 is 27.3. The van der Waals surface area contributed by atoms with E-state index in [1.165, 1.54) is 12.1 Å². The fourth-order valence-corrected chi connectivity index (χ4v) is 3.20. The van der Waals surface area contributed by atoms with Crippen molar-refractivity contribution in [3.63, 3.8) is 0 Å². The van der Waals surface area contributed by atoms with Gasteiger partial charge < -0.3 is 4.90 Å². The van der Waals surface area contributed by atoms with Crippen molar-refractivity contribution in [2.45, 2.75) is 32.7 Å². The Bertz CT molecular complexity index is 726. The van der Waals surface area contributed by atoms with Crippen LogP contribution in [0.15, 0.2) is 47.5 Å². The third-order valence-electron chi connectivity index (χ3n) is 4.33. The van der Waals surface area contributed by atoms with Gasteiger partial charge in [0, 0.05) is 19.0 Å². The molecule has 0 saturated carbocycles. The molecule has 4 heteroatoms. The van der Waals surface area contributed by atoms with E-state index in [0.717, 1.165) is 29.9 Å². The number of rotatable bonds is 3. The Labute approximate surface area is 135 Å². The van der Waals surface area contributed by atoms with Crippen molar-refractivity contribution in [2.24, 2.45) is 4.99 Å². The van der Waals surface area contributed by atoms with E-state index < -0.39 is 11.6 Å². The van der Waals surface area contributed by atoms with E-state index in [0.29, 0.717) is 12.1 Å². The Morgan fingerprint density at radius 2 is 1.78 bits per heavy atom. The number of aliphatic imine (C=N–C) groups is 1. The van der Waals surface area contributed by atoms with E-state index in [-0.39, 0.29) is 6.04 Å². The van der Waals surface area contributed by atoms with E-state index >= 15 is 0 Å². The van der Waals surface area contributed by atoms with Gasteiger partial charge in [-0.3, -0.25) is 0 Å². The molecule has 0 aromatic heterocycles. The van der Waals surface area contributed by atoms with Crippen LogP contribution < -0.4 is 0 Å². The monoisotopic (exact) mass is 314 g/mol. The lowest BCUT2D eigenvalue weighted by Gasteiger charge is -2.32. The summed E-state index contributed by atoms with van der Waals surface area (Å²) in [7, 11) is 0. The first kappa shape index (κ1) is 15.7. The molecule has 3 rings (SSSR count). The third-order valence-corrected chi connectivity index (χ3v) is 4.33. The summed E-state index contributed by atoms with van der Waals surface area (Å²) >= 11 is 0. The smallest absolute Gasteiger partial charge is 0.160 e. The molecular formula is C19H20F2N2. The van der Waals surface area contributed by atoms with Crippen molar-refractivity contribution in [1.29, 1.82) is 0 Å². The average Bonchev–Trinajstić information content (AvgIpc) is 2.72. The molecule has 0 fully saturated rings. The zero-order valence-electron chi connectivity index (χ0n) is 13.4. The number of hydrogen-bond acceptors (Lipinski definition) is 2. The molecule has 0 spiro atoms. The predicted molar refractivity (Wildman–Crippen MR) is 89.0 cm³/mol. The van der Waals surface area contributed by atoms with Crippen LogP contribution in [0.4, 0.5) is 14.5 Å². The zero-order valence-corrected chi connectivity index (χ0v) is 13.4. The summed E-state index contributed by atoms with van der Waals surface area (Å²) in [5, 5.41) is 0. The molecule has 0 bridgehead atoms. The second-order valence-electron chi connectivity index (χ2n) is 5.69. The van der Waals surface area contributed by atoms with Crippen LogP contribution in [-0.2, 0) is 6.42 Å². The molecule has 0 aliphatic carbocycles. The number of halogens is 2. The molecule has 1 heterocycles. The predicted octanol–water partition coefficient (Wildman–Crippen LogP) is 5.02. The summed E-state index contributed by atoms with van der Waals surface area (Å²) in [6, 6.07) is 12.7. The fraction of sp³-hybridized carbons (Fsp3) is 0.316. The minimum atomic E-state index is -0.843. The Hall–Kier alpha value is -2.23. The molecule has 0 radical (unpaired) electrons. The summed E-state index contributed by atoms with van der Waals surface area (Å²) in [6.45, 7) is 4.91. The number of nitrogens with zero attached hydrogens (tertiary/aromatic N) is 2. The fourth-order valence-electron chi connectivity index (χ4n) is 3.20. The molecule has 1 unspecified atom stereocenters. The van der Waals surface area contributed by atoms with Gasteiger partial charge in [-0.05, 0) is 30.5 Å². The van der Waals surface area contributed by atoms with Crippen LogP contribution in [0, 0.1) is 11.6 Å². The minimum absolute atomic E-state index is 0.0750. The van der Waals surface area contributed by atoms with Crippen molar-refractivity contribution in [2.75, 3.05) is 6.54 Å². The van der Waals surface area contributed by atoms with Crippen LogP contribution in [0.1, 0.15) is 37.4 Å². The van der Waals surface area contributed by atoms with Gasteiger partial charge in [-0.1, -0.05) is 37.3 Å². The Balaban J connectivity index is 2.14. The summed E-state index contributed by atoms with van der Waals surface area (Å²) in [6.07, 6.45) is 1.35. The van der Waals surface area contributed by atoms with Gasteiger partial charge >= 0.3 is 0 Å². The lowest BCUT2D eigenvalue weighted by molar-refractivity contribution is 0.326. The second-order valence-corrected chi connectivity index (χ2v) is 5.69. The average molecular weight is 314 g/mol. The molecular weight excluding hydrogens is 294 g/mol. The van der Waals surface area contributed by atoms with Crippen molar-refractivity contribution >= 4 is 11.5 Å². The number of hydrogen-bond donors (Lipinski definition) is 0. The first-order chi connectivity index (χ1) is 11.1. The molecule has 23 heavy (non-hydrogen) atoms. The van der Waals surface area contributed by atoms with Gasteiger partial charge in [-0.25, -0.2) is 13.8 Å². The van der Waals surface area contributed by atoms with Crippen LogP contribution in [-0.4, -0.2) is 17.3 Å². The maximum atomic E-state index is 13.7. The van der Waals surface area contributed by atoms with Gasteiger partial charge in [-0.15, -0.1) is 0 Å². The van der Waals surface area contributed by atoms with Crippen LogP contribution in [0.25, 0.3) is 0 Å². The third kappa shape index (κ3) is 2.98. The quantitative estimate of drug-likeness (QED) is 0.776. The van der Waals surface area contributed by atoms with Gasteiger partial charge in [0.05, 0.1) is 11.7 Å². The highest BCUT2D eigenvalue weighted by molar-refractivity contribution is 5.86. The summed E-state index contributed by atoms with van der Waals surface area (Å²) in [5.74, 6) is -0.746. The number of amidine groups is 1. The Morgan fingerprint density at radius 1 is 1.09 bits per heavy atom. The summed E-state index contributed by atoms with van der Waals surface area (Å²) in [4.78, 5) is 6.85. The summed E-state index contributed by atoms with van der Waals surface area (Å²) in [5.41, 5.74) is 2.45. The molecule has 2 nitrogen and oxygen atoms in total. The Kier molecular flexibility index (Phi) is 4.42. The molecule has 1 atom stereocenters. The van der Waals surface area contributed by atoms with Gasteiger partial charge in [-0.2, -0.15) is 0 Å². The highest BCUT2D eigenvalue weighted by Gasteiger charge is 2.27. The van der Waals surface area contributed by atoms with Crippen LogP contribution in [0.2, 0.25) is 0 Å². The maximum Gasteiger partial charge on any atom is 0.160 e. The van der Waals surface area contributed by atoms with E-state index in [4.69, 9.17) is 0 Å². The highest BCUT2D eigenvalue weighted by Crippen LogP contribution is 2.35. The maximum absolute atomic E-state index is 13.7. The normalized spacial score (nSPS) is 17.5. The van der Waals surface area contributed by atoms with Crippen LogP contribution in [0.3, 0.4) is 0 Å². The van der Waals surface area contributed by atoms with Crippen molar-refractivity contribution < 1.29 is 8.78 Å². The number of likely N-dealkylation sites (N-methyl/N-ethyl adjacent to an activating group) is 1. The van der Waals surface area contributed by atoms with Crippen LogP contribution >= 0.6 is 0 Å². The molecule has 0 saturated heterocycles. The standard InChI is InChI=1S/C19H20F2N2/c1-3-19-22-17-12-16(21)15(20)10-14(17)11-18(23(19)4-2)13-8-6-5-7-9-13/h5-10,12,18H,3-4,11H2,1-2H3. The highest BCUT2D eigenvalue weighted by atomic mass is 19.2. The number of benzene rings is 2. The van der Waals surface area contributed by atoms with E-state index in [2.05, 4.69) is 28.9 Å².